The predicted molar refractivity (Wildman–Crippen MR) is 86.4 cm³/mol. The van der Waals surface area contributed by atoms with E-state index in [9.17, 15) is 9.59 Å². The fourth-order valence-corrected chi connectivity index (χ4v) is 2.04. The summed E-state index contributed by atoms with van der Waals surface area (Å²) in [5.74, 6) is -0.329. The maximum atomic E-state index is 11.8. The molecule has 0 heterocycles. The summed E-state index contributed by atoms with van der Waals surface area (Å²) in [6, 6.07) is 4.96. The maximum absolute atomic E-state index is 11.8. The largest absolute Gasteiger partial charge is 0.444 e. The third-order valence-corrected chi connectivity index (χ3v) is 3.21. The molecule has 0 atom stereocenters. The second-order valence-corrected chi connectivity index (χ2v) is 6.31. The van der Waals surface area contributed by atoms with Crippen molar-refractivity contribution in [1.29, 1.82) is 5.26 Å². The molecular formula is C16H19ClN2O4. The van der Waals surface area contributed by atoms with E-state index in [2.05, 4.69) is 5.32 Å². The van der Waals surface area contributed by atoms with Crippen molar-refractivity contribution in [2.45, 2.75) is 39.2 Å². The highest BCUT2D eigenvalue weighted by Crippen LogP contribution is 2.29. The quantitative estimate of drug-likeness (QED) is 0.859. The van der Waals surface area contributed by atoms with Crippen molar-refractivity contribution in [1.82, 2.24) is 0 Å². The second-order valence-electron chi connectivity index (χ2n) is 5.93. The lowest BCUT2D eigenvalue weighted by molar-refractivity contribution is -0.121. The zero-order valence-corrected chi connectivity index (χ0v) is 14.0. The molecule has 1 rings (SSSR count). The number of carbonyl (C=O) groups is 2. The summed E-state index contributed by atoms with van der Waals surface area (Å²) < 4.78 is 5.15. The van der Waals surface area contributed by atoms with Gasteiger partial charge in [-0.1, -0.05) is 11.6 Å². The number of hydrogen-bond donors (Lipinski definition) is 2. The number of nitrogens with one attached hydrogen (secondary N) is 1. The van der Waals surface area contributed by atoms with E-state index in [1.165, 1.54) is 6.07 Å². The number of ketones is 1. The minimum Gasteiger partial charge on any atom is -0.444 e. The van der Waals surface area contributed by atoms with E-state index in [-0.39, 0.29) is 29.3 Å². The summed E-state index contributed by atoms with van der Waals surface area (Å²) in [6.07, 6.45) is -0.333. The summed E-state index contributed by atoms with van der Waals surface area (Å²) in [5.41, 5.74) is 0.414. The number of hydrogen-bond acceptors (Lipinski definition) is 5. The lowest BCUT2D eigenvalue weighted by atomic mass is 10.0. The van der Waals surface area contributed by atoms with Crippen molar-refractivity contribution in [3.63, 3.8) is 0 Å². The number of benzene rings is 1. The molecule has 7 heteroatoms. The Kier molecular flexibility index (Phi) is 6.55. The van der Waals surface area contributed by atoms with Crippen molar-refractivity contribution >= 4 is 29.2 Å². The summed E-state index contributed by atoms with van der Waals surface area (Å²) in [6.45, 7) is 4.64. The molecule has 1 aromatic carbocycles. The first-order valence-electron chi connectivity index (χ1n) is 7.01. The van der Waals surface area contributed by atoms with Gasteiger partial charge in [0.2, 0.25) is 0 Å². The molecule has 0 saturated carbocycles. The SMILES string of the molecule is CC(C)(C)OC(=O)Nc1cc(C#N)cc(CCC(=O)CO)c1Cl. The molecular weight excluding hydrogens is 320 g/mol. The van der Waals surface area contributed by atoms with Gasteiger partial charge in [-0.2, -0.15) is 5.26 Å². The minimum atomic E-state index is -0.688. The molecule has 1 amide bonds. The molecule has 0 saturated heterocycles. The number of aliphatic hydroxyl groups excluding tert-OH is 1. The van der Waals surface area contributed by atoms with Crippen molar-refractivity contribution in [2.75, 3.05) is 11.9 Å². The lowest BCUT2D eigenvalue weighted by Crippen LogP contribution is -2.27. The Morgan fingerprint density at radius 2 is 2.04 bits per heavy atom. The van der Waals surface area contributed by atoms with E-state index >= 15 is 0 Å². The smallest absolute Gasteiger partial charge is 0.412 e. The van der Waals surface area contributed by atoms with Crippen LogP contribution >= 0.6 is 11.6 Å². The van der Waals surface area contributed by atoms with Gasteiger partial charge in [0.25, 0.3) is 0 Å². The van der Waals surface area contributed by atoms with Crippen LogP contribution in [0.15, 0.2) is 12.1 Å². The van der Waals surface area contributed by atoms with Gasteiger partial charge in [0, 0.05) is 6.42 Å². The van der Waals surface area contributed by atoms with Crippen molar-refractivity contribution in [3.05, 3.63) is 28.3 Å². The number of halogens is 1. The predicted octanol–water partition coefficient (Wildman–Crippen LogP) is 3.05. The number of anilines is 1. The van der Waals surface area contributed by atoms with Crippen LogP contribution in [0.25, 0.3) is 0 Å². The van der Waals surface area contributed by atoms with Gasteiger partial charge >= 0.3 is 6.09 Å². The fraction of sp³-hybridized carbons (Fsp3) is 0.438. The zero-order valence-electron chi connectivity index (χ0n) is 13.3. The molecule has 0 aromatic heterocycles. The van der Waals surface area contributed by atoms with E-state index < -0.39 is 18.3 Å². The van der Waals surface area contributed by atoms with E-state index in [0.717, 1.165) is 0 Å². The fourth-order valence-electron chi connectivity index (χ4n) is 1.79. The number of carbonyl (C=O) groups excluding carboxylic acids is 2. The Balaban J connectivity index is 3.01. The Bertz CT molecular complexity index is 645. The van der Waals surface area contributed by atoms with Crippen LogP contribution in [0.4, 0.5) is 10.5 Å². The van der Waals surface area contributed by atoms with E-state index in [4.69, 9.17) is 26.7 Å². The third kappa shape index (κ3) is 6.27. The molecule has 0 spiro atoms. The summed E-state index contributed by atoms with van der Waals surface area (Å²) in [7, 11) is 0. The second kappa shape index (κ2) is 7.95. The summed E-state index contributed by atoms with van der Waals surface area (Å²) in [5, 5.41) is 20.6. The average Bonchev–Trinajstić information content (AvgIpc) is 2.45. The van der Waals surface area contributed by atoms with E-state index in [0.29, 0.717) is 11.1 Å². The van der Waals surface area contributed by atoms with Crippen LogP contribution in [0.1, 0.15) is 38.3 Å². The topological polar surface area (TPSA) is 99.4 Å². The first-order valence-corrected chi connectivity index (χ1v) is 7.39. The Morgan fingerprint density at radius 1 is 1.39 bits per heavy atom. The molecule has 6 nitrogen and oxygen atoms in total. The number of nitrogens with zero attached hydrogens (tertiary/aromatic N) is 1. The molecule has 124 valence electrons. The van der Waals surface area contributed by atoms with Crippen LogP contribution in [-0.2, 0) is 16.0 Å². The highest BCUT2D eigenvalue weighted by atomic mass is 35.5. The molecule has 2 N–H and O–H groups in total. The van der Waals surface area contributed by atoms with Gasteiger partial charge in [-0.25, -0.2) is 4.79 Å². The number of rotatable bonds is 5. The van der Waals surface area contributed by atoms with E-state index in [1.807, 2.05) is 6.07 Å². The molecule has 0 aliphatic rings. The van der Waals surface area contributed by atoms with Crippen LogP contribution < -0.4 is 5.32 Å². The van der Waals surface area contributed by atoms with Gasteiger partial charge in [-0.15, -0.1) is 0 Å². The third-order valence-electron chi connectivity index (χ3n) is 2.76. The molecule has 0 radical (unpaired) electrons. The zero-order chi connectivity index (χ0) is 17.6. The highest BCUT2D eigenvalue weighted by Gasteiger charge is 2.18. The standard InChI is InChI=1S/C16H19ClN2O4/c1-16(2,3)23-15(22)19-13-7-10(8-18)6-11(14(13)17)4-5-12(21)9-20/h6-7,20H,4-5,9H2,1-3H3,(H,19,22). The maximum Gasteiger partial charge on any atom is 0.412 e. The Morgan fingerprint density at radius 3 is 2.57 bits per heavy atom. The van der Waals surface area contributed by atoms with Crippen LogP contribution in [0, 0.1) is 11.3 Å². The Labute approximate surface area is 140 Å². The van der Waals surface area contributed by atoms with Crippen LogP contribution in [-0.4, -0.2) is 29.2 Å². The molecule has 0 aliphatic carbocycles. The first-order chi connectivity index (χ1) is 10.7. The van der Waals surface area contributed by atoms with Gasteiger partial charge in [-0.3, -0.25) is 10.1 Å². The van der Waals surface area contributed by atoms with Crippen LogP contribution in [0.5, 0.6) is 0 Å². The van der Waals surface area contributed by atoms with Crippen molar-refractivity contribution in [2.24, 2.45) is 0 Å². The molecule has 0 fully saturated rings. The highest BCUT2D eigenvalue weighted by molar-refractivity contribution is 6.34. The minimum absolute atomic E-state index is 0.0942. The van der Waals surface area contributed by atoms with Crippen molar-refractivity contribution < 1.29 is 19.4 Å². The normalized spacial score (nSPS) is 10.8. The monoisotopic (exact) mass is 338 g/mol. The first kappa shape index (κ1) is 18.9. The Hall–Kier alpha value is -2.10. The van der Waals surface area contributed by atoms with Crippen LogP contribution in [0.2, 0.25) is 5.02 Å². The molecule has 0 unspecified atom stereocenters. The number of aliphatic hydroxyl groups is 1. The number of ether oxygens (including phenoxy) is 1. The van der Waals surface area contributed by atoms with Crippen LogP contribution in [0.3, 0.4) is 0 Å². The van der Waals surface area contributed by atoms with Gasteiger partial charge in [0.15, 0.2) is 5.78 Å². The molecule has 0 bridgehead atoms. The van der Waals surface area contributed by atoms with Crippen molar-refractivity contribution in [3.8, 4) is 6.07 Å². The number of Topliss-reactive ketones (excluding diaryl/α,β-unsaturated/α-hetero) is 1. The molecule has 0 aliphatic heterocycles. The average molecular weight is 339 g/mol. The van der Waals surface area contributed by atoms with Gasteiger partial charge in [0.1, 0.15) is 12.2 Å². The molecule has 23 heavy (non-hydrogen) atoms. The summed E-state index contributed by atoms with van der Waals surface area (Å²) in [4.78, 5) is 23.1. The van der Waals surface area contributed by atoms with E-state index in [1.54, 1.807) is 26.8 Å². The number of nitriles is 1. The van der Waals surface area contributed by atoms with Gasteiger partial charge < -0.3 is 9.84 Å². The summed E-state index contributed by atoms with van der Waals surface area (Å²) >= 11 is 6.23. The molecule has 1 aromatic rings. The number of amides is 1. The lowest BCUT2D eigenvalue weighted by Gasteiger charge is -2.20. The van der Waals surface area contributed by atoms with Gasteiger partial charge in [-0.05, 0) is 44.9 Å². The van der Waals surface area contributed by atoms with Gasteiger partial charge in [0.05, 0.1) is 22.3 Å². The number of aryl methyl sites for hydroxylation is 1.